The van der Waals surface area contributed by atoms with Crippen molar-refractivity contribution in [1.82, 2.24) is 10.3 Å². The molecule has 3 aromatic carbocycles. The normalized spacial score (nSPS) is 10.5. The number of thiocarbonyl (C=S) groups is 1. The molecule has 31 heavy (non-hydrogen) atoms. The van der Waals surface area contributed by atoms with Gasteiger partial charge in [0.25, 0.3) is 5.91 Å². The highest BCUT2D eigenvalue weighted by atomic mass is 32.1. The largest absolute Gasteiger partial charge is 0.497 e. The van der Waals surface area contributed by atoms with Crippen LogP contribution in [-0.4, -0.2) is 30.2 Å². The van der Waals surface area contributed by atoms with E-state index in [-0.39, 0.29) is 11.0 Å². The van der Waals surface area contributed by atoms with Gasteiger partial charge in [0.05, 0.1) is 14.2 Å². The number of aromatic nitrogens is 1. The lowest BCUT2D eigenvalue weighted by atomic mass is 10.2. The molecule has 1 amide bonds. The molecule has 2 N–H and O–H groups in total. The van der Waals surface area contributed by atoms with E-state index in [1.165, 1.54) is 0 Å². The van der Waals surface area contributed by atoms with Crippen molar-refractivity contribution >= 4 is 40.0 Å². The molecule has 7 nitrogen and oxygen atoms in total. The summed E-state index contributed by atoms with van der Waals surface area (Å²) in [5.74, 6) is 1.62. The van der Waals surface area contributed by atoms with Gasteiger partial charge in [-0.05, 0) is 78.9 Å². The number of hydrogen-bond acceptors (Lipinski definition) is 6. The smallest absolute Gasteiger partial charge is 0.257 e. The minimum atomic E-state index is -0.315. The zero-order valence-corrected chi connectivity index (χ0v) is 17.7. The van der Waals surface area contributed by atoms with Gasteiger partial charge in [0.1, 0.15) is 17.0 Å². The molecule has 8 heteroatoms. The topological polar surface area (TPSA) is 85.6 Å². The SMILES string of the molecule is COc1ccc(C(=O)NC(=S)Nc2ccc3oc(-c4ccc(OC)cc4)nc3c2)cc1. The van der Waals surface area contributed by atoms with Crippen molar-refractivity contribution < 1.29 is 18.7 Å². The molecule has 0 fully saturated rings. The predicted octanol–water partition coefficient (Wildman–Crippen LogP) is 4.64. The fraction of sp³-hybridized carbons (Fsp3) is 0.0870. The first-order valence-electron chi connectivity index (χ1n) is 9.37. The monoisotopic (exact) mass is 433 g/mol. The lowest BCUT2D eigenvalue weighted by molar-refractivity contribution is 0.0977. The number of nitrogens with zero attached hydrogens (tertiary/aromatic N) is 1. The Bertz CT molecular complexity index is 1230. The number of hydrogen-bond donors (Lipinski definition) is 2. The number of fused-ring (bicyclic) bond motifs is 1. The molecule has 0 saturated heterocycles. The third-order valence-electron chi connectivity index (χ3n) is 4.56. The number of rotatable bonds is 5. The molecule has 0 atom stereocenters. The summed E-state index contributed by atoms with van der Waals surface area (Å²) in [7, 11) is 3.19. The molecule has 1 aromatic heterocycles. The first-order valence-corrected chi connectivity index (χ1v) is 9.78. The average molecular weight is 433 g/mol. The van der Waals surface area contributed by atoms with E-state index >= 15 is 0 Å². The van der Waals surface area contributed by atoms with Gasteiger partial charge in [0.2, 0.25) is 5.89 Å². The van der Waals surface area contributed by atoms with Gasteiger partial charge in [0, 0.05) is 16.8 Å². The average Bonchev–Trinajstić information content (AvgIpc) is 3.22. The standard InChI is InChI=1S/C23H19N3O4S/c1-28-17-8-3-14(4-9-17)21(27)26-23(31)24-16-7-12-20-19(13-16)25-22(30-20)15-5-10-18(29-2)11-6-15/h3-13H,1-2H3,(H2,24,26,27,31). The van der Waals surface area contributed by atoms with Crippen LogP contribution in [0.4, 0.5) is 5.69 Å². The van der Waals surface area contributed by atoms with E-state index in [2.05, 4.69) is 15.6 Å². The number of methoxy groups -OCH3 is 2. The number of carbonyl (C=O) groups excluding carboxylic acids is 1. The van der Waals surface area contributed by atoms with Crippen LogP contribution in [0, 0.1) is 0 Å². The van der Waals surface area contributed by atoms with E-state index in [0.717, 1.165) is 11.3 Å². The number of ether oxygens (including phenoxy) is 2. The third-order valence-corrected chi connectivity index (χ3v) is 4.77. The van der Waals surface area contributed by atoms with Crippen molar-refractivity contribution in [2.75, 3.05) is 19.5 Å². The number of benzene rings is 3. The molecule has 0 aliphatic heterocycles. The second-order valence-corrected chi connectivity index (χ2v) is 6.98. The van der Waals surface area contributed by atoms with E-state index in [0.29, 0.717) is 34.0 Å². The maximum absolute atomic E-state index is 12.3. The van der Waals surface area contributed by atoms with Crippen LogP contribution in [0.2, 0.25) is 0 Å². The highest BCUT2D eigenvalue weighted by Gasteiger charge is 2.11. The van der Waals surface area contributed by atoms with Crippen LogP contribution in [0.5, 0.6) is 11.5 Å². The zero-order chi connectivity index (χ0) is 21.8. The van der Waals surface area contributed by atoms with E-state index in [9.17, 15) is 4.79 Å². The summed E-state index contributed by atoms with van der Waals surface area (Å²) in [6.07, 6.45) is 0. The van der Waals surface area contributed by atoms with Gasteiger partial charge in [-0.1, -0.05) is 0 Å². The van der Waals surface area contributed by atoms with Crippen molar-refractivity contribution in [2.24, 2.45) is 0 Å². The van der Waals surface area contributed by atoms with E-state index in [4.69, 9.17) is 26.1 Å². The Balaban J connectivity index is 1.45. The molecule has 156 valence electrons. The summed E-state index contributed by atoms with van der Waals surface area (Å²) < 4.78 is 16.1. The van der Waals surface area contributed by atoms with E-state index < -0.39 is 0 Å². The van der Waals surface area contributed by atoms with Crippen LogP contribution < -0.4 is 20.1 Å². The highest BCUT2D eigenvalue weighted by molar-refractivity contribution is 7.80. The van der Waals surface area contributed by atoms with Crippen LogP contribution in [0.1, 0.15) is 10.4 Å². The zero-order valence-electron chi connectivity index (χ0n) is 16.8. The van der Waals surface area contributed by atoms with Gasteiger partial charge in [-0.25, -0.2) is 4.98 Å². The minimum Gasteiger partial charge on any atom is -0.497 e. The number of oxazole rings is 1. The molecule has 0 aliphatic carbocycles. The molecule has 4 rings (SSSR count). The molecule has 0 bridgehead atoms. The van der Waals surface area contributed by atoms with Crippen LogP contribution in [0.3, 0.4) is 0 Å². The summed E-state index contributed by atoms with van der Waals surface area (Å²) in [6.45, 7) is 0. The second kappa shape index (κ2) is 8.85. The first-order chi connectivity index (χ1) is 15.1. The Morgan fingerprint density at radius 2 is 1.58 bits per heavy atom. The third kappa shape index (κ3) is 4.65. The van der Waals surface area contributed by atoms with Crippen LogP contribution in [0.15, 0.2) is 71.1 Å². The molecule has 1 heterocycles. The lowest BCUT2D eigenvalue weighted by Crippen LogP contribution is -2.34. The Labute approximate surface area is 184 Å². The summed E-state index contributed by atoms with van der Waals surface area (Å²) in [4.78, 5) is 16.9. The van der Waals surface area contributed by atoms with Gasteiger partial charge in [0.15, 0.2) is 10.7 Å². The van der Waals surface area contributed by atoms with Crippen LogP contribution in [-0.2, 0) is 0 Å². The second-order valence-electron chi connectivity index (χ2n) is 6.57. The number of carbonyl (C=O) groups is 1. The molecule has 4 aromatic rings. The summed E-state index contributed by atoms with van der Waals surface area (Å²) in [6, 6.07) is 19.6. The minimum absolute atomic E-state index is 0.180. The highest BCUT2D eigenvalue weighted by Crippen LogP contribution is 2.27. The summed E-state index contributed by atoms with van der Waals surface area (Å²) in [5, 5.41) is 5.83. The molecule has 0 aliphatic rings. The fourth-order valence-corrected chi connectivity index (χ4v) is 3.15. The van der Waals surface area contributed by atoms with Gasteiger partial charge in [-0.2, -0.15) is 0 Å². The molecule has 0 radical (unpaired) electrons. The fourth-order valence-electron chi connectivity index (χ4n) is 2.94. The van der Waals surface area contributed by atoms with Crippen molar-refractivity contribution in [3.63, 3.8) is 0 Å². The maximum atomic E-state index is 12.3. The predicted molar refractivity (Wildman–Crippen MR) is 123 cm³/mol. The molecular weight excluding hydrogens is 414 g/mol. The number of anilines is 1. The van der Waals surface area contributed by atoms with Gasteiger partial charge in [-0.15, -0.1) is 0 Å². The van der Waals surface area contributed by atoms with Crippen molar-refractivity contribution in [3.8, 4) is 23.0 Å². The lowest BCUT2D eigenvalue weighted by Gasteiger charge is -2.09. The molecule has 0 saturated carbocycles. The Hall–Kier alpha value is -3.91. The quantitative estimate of drug-likeness (QED) is 0.444. The van der Waals surface area contributed by atoms with Gasteiger partial charge < -0.3 is 19.2 Å². The van der Waals surface area contributed by atoms with Crippen molar-refractivity contribution in [3.05, 3.63) is 72.3 Å². The van der Waals surface area contributed by atoms with Crippen molar-refractivity contribution in [1.29, 1.82) is 0 Å². The van der Waals surface area contributed by atoms with Gasteiger partial charge in [-0.3, -0.25) is 10.1 Å². The number of nitrogens with one attached hydrogen (secondary N) is 2. The molecule has 0 spiro atoms. The maximum Gasteiger partial charge on any atom is 0.257 e. The van der Waals surface area contributed by atoms with E-state index in [1.54, 1.807) is 56.7 Å². The Morgan fingerprint density at radius 1 is 0.935 bits per heavy atom. The first kappa shape index (κ1) is 20.4. The summed E-state index contributed by atoms with van der Waals surface area (Å²) >= 11 is 5.27. The molecule has 0 unspecified atom stereocenters. The summed E-state index contributed by atoms with van der Waals surface area (Å²) in [5.41, 5.74) is 3.31. The van der Waals surface area contributed by atoms with Crippen LogP contribution in [0.25, 0.3) is 22.6 Å². The van der Waals surface area contributed by atoms with Crippen molar-refractivity contribution in [2.45, 2.75) is 0 Å². The Kier molecular flexibility index (Phi) is 5.81. The van der Waals surface area contributed by atoms with Gasteiger partial charge >= 0.3 is 0 Å². The number of amides is 1. The molecular formula is C23H19N3O4S. The van der Waals surface area contributed by atoms with Crippen LogP contribution >= 0.6 is 12.2 Å². The van der Waals surface area contributed by atoms with E-state index in [1.807, 2.05) is 24.3 Å². The Morgan fingerprint density at radius 3 is 2.23 bits per heavy atom.